The molecule has 126 valence electrons. The van der Waals surface area contributed by atoms with Gasteiger partial charge in [0, 0.05) is 18.4 Å². The third kappa shape index (κ3) is 3.06. The van der Waals surface area contributed by atoms with Gasteiger partial charge in [-0.2, -0.15) is 4.98 Å². The lowest BCUT2D eigenvalue weighted by Gasteiger charge is -2.36. The van der Waals surface area contributed by atoms with Crippen molar-refractivity contribution in [3.8, 4) is 0 Å². The summed E-state index contributed by atoms with van der Waals surface area (Å²) in [5.74, 6) is 1.90. The van der Waals surface area contributed by atoms with Crippen molar-refractivity contribution in [3.05, 3.63) is 47.6 Å². The molecule has 1 aliphatic heterocycles. The number of nitrogens with zero attached hydrogens (tertiary/aromatic N) is 3. The number of carbonyl (C=O) groups is 1. The molecule has 2 fully saturated rings. The topological polar surface area (TPSA) is 85.3 Å². The Hall–Kier alpha value is -2.21. The average molecular weight is 326 g/mol. The summed E-state index contributed by atoms with van der Waals surface area (Å²) in [7, 11) is 0. The van der Waals surface area contributed by atoms with Gasteiger partial charge in [0.05, 0.1) is 0 Å². The van der Waals surface area contributed by atoms with Crippen LogP contribution in [-0.4, -0.2) is 34.0 Å². The zero-order chi connectivity index (χ0) is 16.5. The maximum Gasteiger partial charge on any atom is 0.239 e. The largest absolute Gasteiger partial charge is 0.368 e. The molecule has 1 amide bonds. The smallest absolute Gasteiger partial charge is 0.239 e. The molecule has 0 bridgehead atoms. The summed E-state index contributed by atoms with van der Waals surface area (Å²) in [4.78, 5) is 18.8. The van der Waals surface area contributed by atoms with Gasteiger partial charge in [0.2, 0.25) is 11.8 Å². The maximum absolute atomic E-state index is 12.1. The number of primary amides is 1. The second-order valence-electron chi connectivity index (χ2n) is 6.81. The molecule has 6 nitrogen and oxygen atoms in total. The highest BCUT2D eigenvalue weighted by Crippen LogP contribution is 2.40. The van der Waals surface area contributed by atoms with E-state index >= 15 is 0 Å². The Kier molecular flexibility index (Phi) is 4.06. The minimum atomic E-state index is -0.399. The first-order valence-corrected chi connectivity index (χ1v) is 8.64. The van der Waals surface area contributed by atoms with Gasteiger partial charge in [0.15, 0.2) is 5.82 Å². The van der Waals surface area contributed by atoms with Crippen LogP contribution < -0.4 is 5.73 Å². The van der Waals surface area contributed by atoms with E-state index in [1.54, 1.807) is 0 Å². The first kappa shape index (κ1) is 15.3. The number of nitrogens with two attached hydrogens (primary N) is 1. The molecule has 2 atom stereocenters. The Balaban J connectivity index is 1.53. The van der Waals surface area contributed by atoms with Gasteiger partial charge in [-0.1, -0.05) is 35.5 Å². The van der Waals surface area contributed by atoms with Crippen LogP contribution in [-0.2, 0) is 4.79 Å². The van der Waals surface area contributed by atoms with Crippen LogP contribution in [0.2, 0.25) is 0 Å². The number of benzene rings is 1. The minimum Gasteiger partial charge on any atom is -0.368 e. The summed E-state index contributed by atoms with van der Waals surface area (Å²) >= 11 is 0. The second kappa shape index (κ2) is 6.36. The number of aromatic nitrogens is 2. The van der Waals surface area contributed by atoms with Crippen LogP contribution >= 0.6 is 0 Å². The zero-order valence-corrected chi connectivity index (χ0v) is 13.6. The molecule has 1 saturated heterocycles. The number of amides is 1. The van der Waals surface area contributed by atoms with Crippen molar-refractivity contribution in [3.63, 3.8) is 0 Å². The van der Waals surface area contributed by atoms with E-state index in [9.17, 15) is 4.79 Å². The predicted molar refractivity (Wildman–Crippen MR) is 88.2 cm³/mol. The number of hydrogen-bond acceptors (Lipinski definition) is 5. The molecule has 0 radical (unpaired) electrons. The van der Waals surface area contributed by atoms with E-state index in [2.05, 4.69) is 15.0 Å². The number of piperidine rings is 1. The molecule has 1 aliphatic carbocycles. The number of likely N-dealkylation sites (tertiary alicyclic amines) is 1. The highest BCUT2D eigenvalue weighted by molar-refractivity contribution is 5.81. The monoisotopic (exact) mass is 326 g/mol. The van der Waals surface area contributed by atoms with Gasteiger partial charge in [-0.05, 0) is 37.8 Å². The lowest BCUT2D eigenvalue weighted by molar-refractivity contribution is -0.124. The van der Waals surface area contributed by atoms with Crippen LogP contribution in [0.1, 0.15) is 60.8 Å². The Morgan fingerprint density at radius 3 is 2.71 bits per heavy atom. The molecule has 2 heterocycles. The van der Waals surface area contributed by atoms with E-state index in [4.69, 9.17) is 10.3 Å². The van der Waals surface area contributed by atoms with E-state index in [0.29, 0.717) is 5.92 Å². The van der Waals surface area contributed by atoms with Crippen molar-refractivity contribution in [2.45, 2.75) is 43.6 Å². The molecule has 4 rings (SSSR count). The molecule has 24 heavy (non-hydrogen) atoms. The second-order valence-corrected chi connectivity index (χ2v) is 6.81. The molecular weight excluding hydrogens is 304 g/mol. The van der Waals surface area contributed by atoms with Crippen molar-refractivity contribution >= 4 is 5.91 Å². The van der Waals surface area contributed by atoms with E-state index in [1.807, 2.05) is 30.3 Å². The van der Waals surface area contributed by atoms with Crippen LogP contribution in [0.25, 0.3) is 0 Å². The molecule has 1 saturated carbocycles. The summed E-state index contributed by atoms with van der Waals surface area (Å²) in [6, 6.07) is 9.33. The molecule has 2 aliphatic rings. The van der Waals surface area contributed by atoms with Crippen LogP contribution in [0, 0.1) is 0 Å². The molecule has 2 aromatic rings. The summed E-state index contributed by atoms with van der Waals surface area (Å²) in [5, 5.41) is 4.18. The molecule has 2 N–H and O–H groups in total. The Bertz CT molecular complexity index is 711. The fourth-order valence-corrected chi connectivity index (χ4v) is 3.55. The summed E-state index contributed by atoms with van der Waals surface area (Å²) in [6.07, 6.45) is 4.31. The third-order valence-electron chi connectivity index (χ3n) is 4.95. The van der Waals surface area contributed by atoms with Crippen LogP contribution in [0.4, 0.5) is 0 Å². The van der Waals surface area contributed by atoms with Crippen molar-refractivity contribution in [2.24, 2.45) is 5.73 Å². The maximum atomic E-state index is 12.1. The molecule has 6 heteroatoms. The molecular formula is C18H22N4O2. The Morgan fingerprint density at radius 1 is 1.21 bits per heavy atom. The summed E-state index contributed by atoms with van der Waals surface area (Å²) < 4.78 is 5.40. The van der Waals surface area contributed by atoms with Crippen LogP contribution in [0.15, 0.2) is 34.9 Å². The van der Waals surface area contributed by atoms with Gasteiger partial charge in [0.25, 0.3) is 0 Å². The SMILES string of the molecule is NC(=O)[C@H](c1ccccc1)N1CCC[C@@H](c2noc(C3CC3)n2)C1. The van der Waals surface area contributed by atoms with E-state index in [0.717, 1.165) is 56.1 Å². The lowest BCUT2D eigenvalue weighted by Crippen LogP contribution is -2.43. The average Bonchev–Trinajstić information content (AvgIpc) is 3.33. The normalized spacial score (nSPS) is 23.1. The van der Waals surface area contributed by atoms with Gasteiger partial charge in [-0.25, -0.2) is 0 Å². The number of rotatable bonds is 5. The Labute approximate surface area is 141 Å². The van der Waals surface area contributed by atoms with Crippen molar-refractivity contribution < 1.29 is 9.32 Å². The van der Waals surface area contributed by atoms with Gasteiger partial charge in [-0.15, -0.1) is 0 Å². The minimum absolute atomic E-state index is 0.195. The molecule has 1 aromatic heterocycles. The number of carbonyl (C=O) groups excluding carboxylic acids is 1. The zero-order valence-electron chi connectivity index (χ0n) is 13.6. The highest BCUT2D eigenvalue weighted by Gasteiger charge is 2.34. The molecule has 1 aromatic carbocycles. The Morgan fingerprint density at radius 2 is 2.00 bits per heavy atom. The summed E-state index contributed by atoms with van der Waals surface area (Å²) in [5.41, 5.74) is 6.65. The van der Waals surface area contributed by atoms with Crippen molar-refractivity contribution in [1.82, 2.24) is 15.0 Å². The molecule has 0 unspecified atom stereocenters. The number of hydrogen-bond donors (Lipinski definition) is 1. The van der Waals surface area contributed by atoms with Crippen molar-refractivity contribution in [1.29, 1.82) is 0 Å². The highest BCUT2D eigenvalue weighted by atomic mass is 16.5. The van der Waals surface area contributed by atoms with Gasteiger partial charge in [-0.3, -0.25) is 9.69 Å². The summed E-state index contributed by atoms with van der Waals surface area (Å²) in [6.45, 7) is 1.58. The van der Waals surface area contributed by atoms with E-state index < -0.39 is 6.04 Å². The van der Waals surface area contributed by atoms with Crippen LogP contribution in [0.5, 0.6) is 0 Å². The van der Waals surface area contributed by atoms with Crippen molar-refractivity contribution in [2.75, 3.05) is 13.1 Å². The van der Waals surface area contributed by atoms with Gasteiger partial charge in [0.1, 0.15) is 6.04 Å². The first-order valence-electron chi connectivity index (χ1n) is 8.64. The molecule has 0 spiro atoms. The van der Waals surface area contributed by atoms with Gasteiger partial charge >= 0.3 is 0 Å². The van der Waals surface area contributed by atoms with E-state index in [1.165, 1.54) is 0 Å². The van der Waals surface area contributed by atoms with Gasteiger partial charge < -0.3 is 10.3 Å². The third-order valence-corrected chi connectivity index (χ3v) is 4.95. The first-order chi connectivity index (χ1) is 11.7. The lowest BCUT2D eigenvalue weighted by atomic mass is 9.94. The fourth-order valence-electron chi connectivity index (χ4n) is 3.55. The van der Waals surface area contributed by atoms with Crippen LogP contribution in [0.3, 0.4) is 0 Å². The quantitative estimate of drug-likeness (QED) is 0.911. The van der Waals surface area contributed by atoms with E-state index in [-0.39, 0.29) is 11.8 Å². The predicted octanol–water partition coefficient (Wildman–Crippen LogP) is 2.35. The fraction of sp³-hybridized carbons (Fsp3) is 0.500. The standard InChI is InChI=1S/C18H22N4O2/c19-16(23)15(12-5-2-1-3-6-12)22-10-4-7-14(11-22)17-20-18(24-21-17)13-8-9-13/h1-3,5-6,13-15H,4,7-11H2,(H2,19,23)/t14-,15+/m1/s1.